The zero-order valence-electron chi connectivity index (χ0n) is 7.38. The monoisotopic (exact) mass is 229 g/mol. The number of imidazole rings is 1. The number of hydrogen-bond donors (Lipinski definition) is 1. The summed E-state index contributed by atoms with van der Waals surface area (Å²) in [5, 5.41) is 10.4. The first-order chi connectivity index (χ1) is 6.68. The molecule has 4 nitrogen and oxygen atoms in total. The van der Waals surface area contributed by atoms with Crippen LogP contribution in [0.1, 0.15) is 16.9 Å². The van der Waals surface area contributed by atoms with Crippen LogP contribution in [0, 0.1) is 0 Å². The smallest absolute Gasteiger partial charge is 0.163 e. The number of rotatable bonds is 2. The van der Waals surface area contributed by atoms with E-state index < -0.39 is 6.10 Å². The summed E-state index contributed by atoms with van der Waals surface area (Å²) < 4.78 is 2.31. The Hall–Kier alpha value is -0.910. The Labute approximate surface area is 89.8 Å². The topological polar surface area (TPSA) is 50.9 Å². The van der Waals surface area contributed by atoms with Gasteiger partial charge in [-0.25, -0.2) is 9.97 Å². The van der Waals surface area contributed by atoms with Crippen LogP contribution in [0.4, 0.5) is 0 Å². The van der Waals surface area contributed by atoms with E-state index in [1.54, 1.807) is 17.0 Å². The van der Waals surface area contributed by atoms with Crippen LogP contribution in [0.15, 0.2) is 18.6 Å². The predicted molar refractivity (Wildman–Crippen MR) is 54.4 cm³/mol. The van der Waals surface area contributed by atoms with E-state index in [2.05, 4.69) is 9.97 Å². The maximum atomic E-state index is 9.88. The van der Waals surface area contributed by atoms with Gasteiger partial charge < -0.3 is 9.67 Å². The number of nitrogens with zero attached hydrogens (tertiary/aromatic N) is 3. The highest BCUT2D eigenvalue weighted by atomic mass is 35.5. The van der Waals surface area contributed by atoms with E-state index in [0.717, 1.165) is 0 Å². The molecule has 2 aromatic heterocycles. The highest BCUT2D eigenvalue weighted by Gasteiger charge is 2.17. The Morgan fingerprint density at radius 2 is 2.36 bits per heavy atom. The summed E-state index contributed by atoms with van der Waals surface area (Å²) in [6.45, 7) is 0. The molecule has 1 unspecified atom stereocenters. The van der Waals surface area contributed by atoms with Crippen molar-refractivity contribution < 1.29 is 5.11 Å². The number of thiazole rings is 1. The summed E-state index contributed by atoms with van der Waals surface area (Å²) in [5.74, 6) is 0.566. The van der Waals surface area contributed by atoms with Crippen LogP contribution in [-0.4, -0.2) is 19.6 Å². The minimum atomic E-state index is -0.799. The molecule has 0 amide bonds. The van der Waals surface area contributed by atoms with Crippen molar-refractivity contribution in [2.45, 2.75) is 6.10 Å². The van der Waals surface area contributed by atoms with E-state index in [1.807, 2.05) is 7.05 Å². The van der Waals surface area contributed by atoms with Gasteiger partial charge in [-0.1, -0.05) is 11.6 Å². The summed E-state index contributed by atoms with van der Waals surface area (Å²) in [6.07, 6.45) is 4.13. The fourth-order valence-electron chi connectivity index (χ4n) is 1.14. The Morgan fingerprint density at radius 3 is 2.86 bits per heavy atom. The molecule has 6 heteroatoms. The van der Waals surface area contributed by atoms with Crippen molar-refractivity contribution >= 4 is 22.9 Å². The number of halogens is 1. The van der Waals surface area contributed by atoms with Gasteiger partial charge in [0.2, 0.25) is 0 Å². The van der Waals surface area contributed by atoms with Gasteiger partial charge in [-0.2, -0.15) is 0 Å². The van der Waals surface area contributed by atoms with Crippen molar-refractivity contribution in [3.05, 3.63) is 33.8 Å². The molecule has 0 fully saturated rings. The molecule has 0 radical (unpaired) electrons. The highest BCUT2D eigenvalue weighted by Crippen LogP contribution is 2.27. The van der Waals surface area contributed by atoms with Crippen LogP contribution >= 0.6 is 22.9 Å². The normalized spacial score (nSPS) is 13.1. The quantitative estimate of drug-likeness (QED) is 0.851. The molecule has 0 aliphatic carbocycles. The van der Waals surface area contributed by atoms with Crippen LogP contribution in [0.5, 0.6) is 0 Å². The molecule has 2 rings (SSSR count). The van der Waals surface area contributed by atoms with E-state index in [0.29, 0.717) is 15.2 Å². The fourth-order valence-corrected chi connectivity index (χ4v) is 2.06. The summed E-state index contributed by atoms with van der Waals surface area (Å²) >= 11 is 6.98. The van der Waals surface area contributed by atoms with Crippen molar-refractivity contribution in [3.63, 3.8) is 0 Å². The Morgan fingerprint density at radius 1 is 1.57 bits per heavy atom. The first-order valence-electron chi connectivity index (χ1n) is 3.95. The number of hydrogen-bond acceptors (Lipinski definition) is 4. The summed E-state index contributed by atoms with van der Waals surface area (Å²) in [4.78, 5) is 8.03. The molecule has 2 aromatic rings. The Kier molecular flexibility index (Phi) is 2.54. The second-order valence-electron chi connectivity index (χ2n) is 2.80. The van der Waals surface area contributed by atoms with E-state index in [9.17, 15) is 5.11 Å². The molecule has 0 bridgehead atoms. The highest BCUT2D eigenvalue weighted by molar-refractivity contribution is 7.15. The third kappa shape index (κ3) is 1.66. The minimum Gasteiger partial charge on any atom is -0.378 e. The third-order valence-corrected chi connectivity index (χ3v) is 3.00. The van der Waals surface area contributed by atoms with Crippen LogP contribution in [0.2, 0.25) is 4.34 Å². The van der Waals surface area contributed by atoms with Gasteiger partial charge in [0.15, 0.2) is 6.10 Å². The van der Waals surface area contributed by atoms with Gasteiger partial charge in [0.1, 0.15) is 15.2 Å². The summed E-state index contributed by atoms with van der Waals surface area (Å²) in [6, 6.07) is 0. The molecular weight excluding hydrogens is 222 g/mol. The molecule has 0 aromatic carbocycles. The average Bonchev–Trinajstić information content (AvgIpc) is 2.73. The molecule has 0 saturated heterocycles. The first-order valence-corrected chi connectivity index (χ1v) is 5.14. The molecule has 0 spiro atoms. The lowest BCUT2D eigenvalue weighted by molar-refractivity contribution is 0.205. The van der Waals surface area contributed by atoms with E-state index in [-0.39, 0.29) is 0 Å². The molecule has 0 aliphatic rings. The maximum absolute atomic E-state index is 9.88. The van der Waals surface area contributed by atoms with Gasteiger partial charge in [-0.05, 0) is 0 Å². The van der Waals surface area contributed by atoms with Gasteiger partial charge in [0.05, 0.1) is 6.20 Å². The average molecular weight is 230 g/mol. The van der Waals surface area contributed by atoms with Crippen molar-refractivity contribution in [1.82, 2.24) is 14.5 Å². The summed E-state index contributed by atoms with van der Waals surface area (Å²) in [7, 11) is 1.82. The third-order valence-electron chi connectivity index (χ3n) is 1.83. The van der Waals surface area contributed by atoms with Crippen LogP contribution in [0.25, 0.3) is 0 Å². The van der Waals surface area contributed by atoms with Gasteiger partial charge in [0, 0.05) is 19.4 Å². The van der Waals surface area contributed by atoms with Gasteiger partial charge in [0.25, 0.3) is 0 Å². The van der Waals surface area contributed by atoms with Crippen molar-refractivity contribution in [2.75, 3.05) is 0 Å². The molecule has 0 aliphatic heterocycles. The maximum Gasteiger partial charge on any atom is 0.163 e. The molecule has 74 valence electrons. The lowest BCUT2D eigenvalue weighted by atomic mass is 10.3. The number of aliphatic hydroxyl groups excluding tert-OH is 1. The Bertz CT molecular complexity index is 439. The van der Waals surface area contributed by atoms with Gasteiger partial charge in [-0.15, -0.1) is 11.3 Å². The number of aliphatic hydroxyl groups is 1. The second-order valence-corrected chi connectivity index (χ2v) is 4.50. The lowest BCUT2D eigenvalue weighted by Crippen LogP contribution is -2.06. The van der Waals surface area contributed by atoms with Crippen LogP contribution in [-0.2, 0) is 7.05 Å². The fraction of sp³-hybridized carbons (Fsp3) is 0.250. The van der Waals surface area contributed by atoms with Gasteiger partial charge >= 0.3 is 0 Å². The van der Waals surface area contributed by atoms with Crippen molar-refractivity contribution in [3.8, 4) is 0 Å². The molecular formula is C8H8ClN3OS. The van der Waals surface area contributed by atoms with E-state index in [1.165, 1.54) is 17.5 Å². The standard InChI is InChI=1S/C8H8ClN3OS/c1-12-3-2-10-7(12)6(13)8-11-4-5(9)14-8/h2-4,6,13H,1H3. The zero-order valence-corrected chi connectivity index (χ0v) is 8.96. The van der Waals surface area contributed by atoms with E-state index in [4.69, 9.17) is 11.6 Å². The number of aromatic nitrogens is 3. The van der Waals surface area contributed by atoms with Crippen molar-refractivity contribution in [2.24, 2.45) is 7.05 Å². The SMILES string of the molecule is Cn1ccnc1C(O)c1ncc(Cl)s1. The predicted octanol–water partition coefficient (Wildman–Crippen LogP) is 1.61. The molecule has 0 saturated carbocycles. The second kappa shape index (κ2) is 3.68. The van der Waals surface area contributed by atoms with E-state index >= 15 is 0 Å². The van der Waals surface area contributed by atoms with Crippen LogP contribution in [0.3, 0.4) is 0 Å². The van der Waals surface area contributed by atoms with Crippen molar-refractivity contribution in [1.29, 1.82) is 0 Å². The number of aryl methyl sites for hydroxylation is 1. The lowest BCUT2D eigenvalue weighted by Gasteiger charge is -2.06. The zero-order chi connectivity index (χ0) is 10.1. The minimum absolute atomic E-state index is 0.560. The summed E-state index contributed by atoms with van der Waals surface area (Å²) in [5.41, 5.74) is 0. The molecule has 14 heavy (non-hydrogen) atoms. The Balaban J connectivity index is 2.33. The molecule has 1 N–H and O–H groups in total. The first kappa shape index (κ1) is 9.64. The largest absolute Gasteiger partial charge is 0.378 e. The molecule has 1 atom stereocenters. The van der Waals surface area contributed by atoms with Gasteiger partial charge in [-0.3, -0.25) is 0 Å². The molecule has 2 heterocycles. The van der Waals surface area contributed by atoms with Crippen LogP contribution < -0.4 is 0 Å².